The molecule has 1 aliphatic rings. The van der Waals surface area contributed by atoms with Gasteiger partial charge in [0, 0.05) is 12.2 Å². The zero-order valence-corrected chi connectivity index (χ0v) is 14.4. The number of hydrogen-bond donors (Lipinski definition) is 0. The van der Waals surface area contributed by atoms with E-state index in [9.17, 15) is 4.79 Å². The molecule has 0 radical (unpaired) electrons. The predicted molar refractivity (Wildman–Crippen MR) is 89.1 cm³/mol. The molecular formula is C18H28N2O2. The van der Waals surface area contributed by atoms with Crippen LogP contribution in [0.5, 0.6) is 0 Å². The lowest BCUT2D eigenvalue weighted by molar-refractivity contribution is 0.0543. The highest BCUT2D eigenvalue weighted by molar-refractivity contribution is 5.87. The molecule has 1 aliphatic carbocycles. The summed E-state index contributed by atoms with van der Waals surface area (Å²) in [4.78, 5) is 19.0. The molecule has 1 fully saturated rings. The highest BCUT2D eigenvalue weighted by Gasteiger charge is 2.35. The van der Waals surface area contributed by atoms with Gasteiger partial charge in [-0.25, -0.2) is 9.78 Å². The van der Waals surface area contributed by atoms with Gasteiger partial charge in [-0.3, -0.25) is 4.90 Å². The van der Waals surface area contributed by atoms with Crippen LogP contribution in [0, 0.1) is 12.8 Å². The molecule has 4 nitrogen and oxygen atoms in total. The van der Waals surface area contributed by atoms with Crippen molar-refractivity contribution in [3.05, 3.63) is 23.9 Å². The van der Waals surface area contributed by atoms with E-state index in [2.05, 4.69) is 11.9 Å². The van der Waals surface area contributed by atoms with Crippen LogP contribution in [0.4, 0.5) is 10.6 Å². The summed E-state index contributed by atoms with van der Waals surface area (Å²) in [5, 5.41) is 0. The molecule has 22 heavy (non-hydrogen) atoms. The van der Waals surface area contributed by atoms with E-state index in [1.807, 2.05) is 39.8 Å². The van der Waals surface area contributed by atoms with Crippen LogP contribution in [-0.4, -0.2) is 22.7 Å². The molecule has 1 saturated carbocycles. The standard InChI is InChI=1S/C18H28N2O2/c1-13-10-11-19-16(12-13)20(17(21)22-18(3,4)5)15-9-7-6-8-14(15)2/h10-12,14-15H,6-9H2,1-5H3/t14-,15+/m0/s1. The van der Waals surface area contributed by atoms with Crippen molar-refractivity contribution in [2.75, 3.05) is 4.90 Å². The Morgan fingerprint density at radius 3 is 2.59 bits per heavy atom. The quantitative estimate of drug-likeness (QED) is 0.794. The van der Waals surface area contributed by atoms with Crippen molar-refractivity contribution >= 4 is 11.9 Å². The Bertz CT molecular complexity index is 522. The minimum absolute atomic E-state index is 0.165. The van der Waals surface area contributed by atoms with Crippen molar-refractivity contribution in [2.24, 2.45) is 5.92 Å². The number of ether oxygens (including phenoxy) is 1. The van der Waals surface area contributed by atoms with Gasteiger partial charge in [-0.1, -0.05) is 19.8 Å². The van der Waals surface area contributed by atoms with Crippen LogP contribution < -0.4 is 4.90 Å². The van der Waals surface area contributed by atoms with Crippen molar-refractivity contribution in [3.8, 4) is 0 Å². The molecule has 0 unspecified atom stereocenters. The van der Waals surface area contributed by atoms with Gasteiger partial charge in [0.05, 0.1) is 0 Å². The number of rotatable bonds is 2. The molecule has 1 heterocycles. The van der Waals surface area contributed by atoms with Gasteiger partial charge in [0.2, 0.25) is 0 Å². The third-order valence-electron chi connectivity index (χ3n) is 4.14. The number of pyridine rings is 1. The Labute approximate surface area is 133 Å². The number of anilines is 1. The normalized spacial score (nSPS) is 22.2. The second-order valence-electron chi connectivity index (χ2n) is 7.37. The van der Waals surface area contributed by atoms with E-state index in [0.717, 1.165) is 24.8 Å². The Hall–Kier alpha value is -1.58. The molecule has 1 aromatic heterocycles. The van der Waals surface area contributed by atoms with Gasteiger partial charge in [0.15, 0.2) is 0 Å². The molecule has 1 aromatic rings. The Kier molecular flexibility index (Phi) is 5.09. The minimum Gasteiger partial charge on any atom is -0.443 e. The minimum atomic E-state index is -0.503. The van der Waals surface area contributed by atoms with Crippen LogP contribution in [-0.2, 0) is 4.74 Å². The smallest absolute Gasteiger partial charge is 0.416 e. The third kappa shape index (κ3) is 4.21. The van der Waals surface area contributed by atoms with Gasteiger partial charge in [-0.15, -0.1) is 0 Å². The molecule has 1 amide bonds. The van der Waals surface area contributed by atoms with Gasteiger partial charge in [0.1, 0.15) is 11.4 Å². The predicted octanol–water partition coefficient (Wildman–Crippen LogP) is 4.71. The first-order valence-electron chi connectivity index (χ1n) is 8.23. The van der Waals surface area contributed by atoms with E-state index in [0.29, 0.717) is 11.7 Å². The maximum absolute atomic E-state index is 12.8. The summed E-state index contributed by atoms with van der Waals surface area (Å²) in [6, 6.07) is 4.07. The van der Waals surface area contributed by atoms with Crippen LogP contribution in [0.15, 0.2) is 18.3 Å². The Balaban J connectivity index is 2.33. The molecule has 2 rings (SSSR count). The van der Waals surface area contributed by atoms with Crippen LogP contribution >= 0.6 is 0 Å². The van der Waals surface area contributed by atoms with Crippen molar-refractivity contribution in [2.45, 2.75) is 71.9 Å². The third-order valence-corrected chi connectivity index (χ3v) is 4.14. The fourth-order valence-corrected chi connectivity index (χ4v) is 3.04. The van der Waals surface area contributed by atoms with Crippen molar-refractivity contribution in [3.63, 3.8) is 0 Å². The molecular weight excluding hydrogens is 276 g/mol. The van der Waals surface area contributed by atoms with Gasteiger partial charge in [-0.2, -0.15) is 0 Å². The molecule has 0 N–H and O–H groups in total. The van der Waals surface area contributed by atoms with Crippen LogP contribution in [0.1, 0.15) is 58.9 Å². The molecule has 0 saturated heterocycles. The van der Waals surface area contributed by atoms with Crippen molar-refractivity contribution in [1.29, 1.82) is 0 Å². The van der Waals surface area contributed by atoms with E-state index in [1.54, 1.807) is 11.1 Å². The number of hydrogen-bond acceptors (Lipinski definition) is 3. The van der Waals surface area contributed by atoms with Crippen LogP contribution in [0.2, 0.25) is 0 Å². The number of aromatic nitrogens is 1. The topological polar surface area (TPSA) is 42.4 Å². The molecule has 0 spiro atoms. The van der Waals surface area contributed by atoms with E-state index in [4.69, 9.17) is 4.74 Å². The first-order chi connectivity index (χ1) is 10.3. The number of carbonyl (C=O) groups is 1. The number of nitrogens with zero attached hydrogens (tertiary/aromatic N) is 2. The molecule has 0 bridgehead atoms. The molecule has 4 heteroatoms. The van der Waals surface area contributed by atoms with Crippen LogP contribution in [0.3, 0.4) is 0 Å². The van der Waals surface area contributed by atoms with Gasteiger partial charge in [-0.05, 0) is 64.2 Å². The summed E-state index contributed by atoms with van der Waals surface area (Å²) >= 11 is 0. The number of amides is 1. The average molecular weight is 304 g/mol. The van der Waals surface area contributed by atoms with Crippen molar-refractivity contribution in [1.82, 2.24) is 4.98 Å². The summed E-state index contributed by atoms with van der Waals surface area (Å²) in [5.41, 5.74) is 0.596. The Morgan fingerprint density at radius 2 is 2.00 bits per heavy atom. The number of aryl methyl sites for hydroxylation is 1. The van der Waals surface area contributed by atoms with Crippen LogP contribution in [0.25, 0.3) is 0 Å². The molecule has 0 aliphatic heterocycles. The second kappa shape index (κ2) is 6.67. The van der Waals surface area contributed by atoms with E-state index in [-0.39, 0.29) is 12.1 Å². The fraction of sp³-hybridized carbons (Fsp3) is 0.667. The average Bonchev–Trinajstić information content (AvgIpc) is 2.39. The molecule has 122 valence electrons. The van der Waals surface area contributed by atoms with Crippen molar-refractivity contribution < 1.29 is 9.53 Å². The first-order valence-corrected chi connectivity index (χ1v) is 8.23. The largest absolute Gasteiger partial charge is 0.443 e. The molecule has 2 atom stereocenters. The number of carbonyl (C=O) groups excluding carboxylic acids is 1. The van der Waals surface area contributed by atoms with Gasteiger partial charge >= 0.3 is 6.09 Å². The fourth-order valence-electron chi connectivity index (χ4n) is 3.04. The monoisotopic (exact) mass is 304 g/mol. The summed E-state index contributed by atoms with van der Waals surface area (Å²) in [5.74, 6) is 1.16. The lowest BCUT2D eigenvalue weighted by Gasteiger charge is -2.38. The zero-order chi connectivity index (χ0) is 16.3. The second-order valence-corrected chi connectivity index (χ2v) is 7.37. The maximum atomic E-state index is 12.8. The van der Waals surface area contributed by atoms with Gasteiger partial charge in [0.25, 0.3) is 0 Å². The first kappa shape index (κ1) is 16.8. The lowest BCUT2D eigenvalue weighted by Crippen LogP contribution is -2.48. The van der Waals surface area contributed by atoms with E-state index >= 15 is 0 Å². The highest BCUT2D eigenvalue weighted by Crippen LogP contribution is 2.32. The SMILES string of the molecule is Cc1ccnc(N(C(=O)OC(C)(C)C)[C@@H]2CCCC[C@@H]2C)c1. The maximum Gasteiger partial charge on any atom is 0.416 e. The molecule has 0 aromatic carbocycles. The zero-order valence-electron chi connectivity index (χ0n) is 14.4. The van der Waals surface area contributed by atoms with Gasteiger partial charge < -0.3 is 4.74 Å². The summed E-state index contributed by atoms with van der Waals surface area (Å²) in [6.45, 7) is 9.94. The summed E-state index contributed by atoms with van der Waals surface area (Å²) in [7, 11) is 0. The highest BCUT2D eigenvalue weighted by atomic mass is 16.6. The summed E-state index contributed by atoms with van der Waals surface area (Å²) in [6.07, 6.45) is 6.02. The lowest BCUT2D eigenvalue weighted by atomic mass is 9.85. The van der Waals surface area contributed by atoms with E-state index < -0.39 is 5.60 Å². The Morgan fingerprint density at radius 1 is 1.32 bits per heavy atom. The summed E-state index contributed by atoms with van der Waals surface area (Å²) < 4.78 is 5.64. The van der Waals surface area contributed by atoms with E-state index in [1.165, 1.54) is 6.42 Å².